The Hall–Kier alpha value is -0.440. The van der Waals surface area contributed by atoms with Gasteiger partial charge in [0, 0.05) is 11.5 Å². The molecule has 32 valence electrons. The van der Waals surface area contributed by atoms with Crippen LogP contribution in [0.4, 0.5) is 0 Å². The molecule has 1 heterocycles. The molecule has 1 aromatic rings. The van der Waals surface area contributed by atoms with Crippen LogP contribution < -0.4 is 4.68 Å². The first kappa shape index (κ1) is 3.74. The monoisotopic (exact) mass is 101 g/mol. The average Bonchev–Trinajstić information content (AvgIpc) is 1.86. The van der Waals surface area contributed by atoms with Crippen LogP contribution in [-0.2, 0) is 7.05 Å². The molecule has 0 atom stereocenters. The van der Waals surface area contributed by atoms with Crippen molar-refractivity contribution in [3.8, 4) is 0 Å². The van der Waals surface area contributed by atoms with Gasteiger partial charge in [-0.25, -0.2) is 0 Å². The summed E-state index contributed by atoms with van der Waals surface area (Å²) in [6.45, 7) is 0. The zero-order valence-electron chi connectivity index (χ0n) is 3.46. The SMILES string of the molecule is C[n+]1ccsn1. The fourth-order valence-electron chi connectivity index (χ4n) is 0.244. The molecule has 0 aliphatic rings. The molecule has 0 amide bonds. The second-order valence-corrected chi connectivity index (χ2v) is 1.69. The van der Waals surface area contributed by atoms with E-state index in [2.05, 4.69) is 4.49 Å². The van der Waals surface area contributed by atoms with E-state index < -0.39 is 0 Å². The number of nitrogens with zero attached hydrogens (tertiary/aromatic N) is 2. The molecule has 0 saturated carbocycles. The summed E-state index contributed by atoms with van der Waals surface area (Å²) < 4.78 is 5.64. The van der Waals surface area contributed by atoms with Gasteiger partial charge in [0.1, 0.15) is 0 Å². The Morgan fingerprint density at radius 2 is 2.67 bits per heavy atom. The first-order valence-electron chi connectivity index (χ1n) is 1.66. The van der Waals surface area contributed by atoms with Crippen molar-refractivity contribution in [3.05, 3.63) is 11.6 Å². The summed E-state index contributed by atoms with van der Waals surface area (Å²) in [7, 11) is 1.90. The van der Waals surface area contributed by atoms with Gasteiger partial charge in [0.15, 0.2) is 7.05 Å². The molecule has 0 bridgehead atoms. The summed E-state index contributed by atoms with van der Waals surface area (Å²) in [6, 6.07) is 0. The smallest absolute Gasteiger partial charge is 0.0820 e. The van der Waals surface area contributed by atoms with Gasteiger partial charge in [0.05, 0.1) is 9.87 Å². The number of hydrogen-bond acceptors (Lipinski definition) is 2. The molecule has 0 spiro atoms. The largest absolute Gasteiger partial charge is 0.208 e. The first-order valence-corrected chi connectivity index (χ1v) is 2.49. The van der Waals surface area contributed by atoms with E-state index >= 15 is 0 Å². The minimum Gasteiger partial charge on any atom is -0.0820 e. The van der Waals surface area contributed by atoms with Crippen molar-refractivity contribution in [2.24, 2.45) is 7.05 Å². The van der Waals surface area contributed by atoms with Crippen molar-refractivity contribution < 1.29 is 4.68 Å². The molecule has 0 aliphatic heterocycles. The summed E-state index contributed by atoms with van der Waals surface area (Å²) in [6.07, 6.45) is 1.91. The van der Waals surface area contributed by atoms with Gasteiger partial charge in [-0.15, -0.1) is 0 Å². The molecule has 0 fully saturated rings. The highest BCUT2D eigenvalue weighted by molar-refractivity contribution is 7.03. The number of aromatic nitrogens is 2. The van der Waals surface area contributed by atoms with Gasteiger partial charge in [-0.2, -0.15) is 0 Å². The predicted octanol–water partition coefficient (Wildman–Crippen LogP) is -0.0324. The molecular weight excluding hydrogens is 96.1 g/mol. The van der Waals surface area contributed by atoms with Crippen LogP contribution >= 0.6 is 11.5 Å². The van der Waals surface area contributed by atoms with Gasteiger partial charge in [-0.3, -0.25) is 0 Å². The third-order valence-electron chi connectivity index (χ3n) is 0.513. The van der Waals surface area contributed by atoms with E-state index in [1.54, 1.807) is 4.68 Å². The van der Waals surface area contributed by atoms with Crippen LogP contribution in [0.3, 0.4) is 0 Å². The minimum absolute atomic E-state index is 1.45. The molecule has 2 nitrogen and oxygen atoms in total. The zero-order valence-corrected chi connectivity index (χ0v) is 4.27. The fourth-order valence-corrected chi connectivity index (χ4v) is 0.732. The van der Waals surface area contributed by atoms with E-state index in [1.807, 2.05) is 18.6 Å². The van der Waals surface area contributed by atoms with E-state index in [0.29, 0.717) is 0 Å². The molecular formula is C3H5N2S+. The number of hydrogen-bond donors (Lipinski definition) is 0. The number of aryl methyl sites for hydroxylation is 1. The van der Waals surface area contributed by atoms with Gasteiger partial charge in [-0.1, -0.05) is 4.68 Å². The topological polar surface area (TPSA) is 16.8 Å². The minimum atomic E-state index is 1.45. The van der Waals surface area contributed by atoms with E-state index in [-0.39, 0.29) is 0 Å². The maximum atomic E-state index is 3.88. The summed E-state index contributed by atoms with van der Waals surface area (Å²) in [5, 5.41) is 1.93. The Labute approximate surface area is 40.2 Å². The molecule has 0 N–H and O–H groups in total. The second-order valence-electron chi connectivity index (χ2n) is 1.05. The molecule has 1 aromatic heterocycles. The quantitative estimate of drug-likeness (QED) is 0.419. The Kier molecular flexibility index (Phi) is 0.837. The molecule has 0 radical (unpaired) electrons. The first-order chi connectivity index (χ1) is 2.89. The van der Waals surface area contributed by atoms with Crippen molar-refractivity contribution in [1.82, 2.24) is 4.49 Å². The molecule has 6 heavy (non-hydrogen) atoms. The highest BCUT2D eigenvalue weighted by Gasteiger charge is 1.84. The Bertz CT molecular complexity index is 112. The molecule has 0 saturated heterocycles. The van der Waals surface area contributed by atoms with Crippen LogP contribution in [0.5, 0.6) is 0 Å². The van der Waals surface area contributed by atoms with Gasteiger partial charge < -0.3 is 0 Å². The highest BCUT2D eigenvalue weighted by atomic mass is 32.1. The molecule has 0 aromatic carbocycles. The van der Waals surface area contributed by atoms with Crippen LogP contribution in [0.15, 0.2) is 11.6 Å². The van der Waals surface area contributed by atoms with E-state index in [0.717, 1.165) is 0 Å². The van der Waals surface area contributed by atoms with E-state index in [4.69, 9.17) is 0 Å². The van der Waals surface area contributed by atoms with Crippen molar-refractivity contribution in [3.63, 3.8) is 0 Å². The second kappa shape index (κ2) is 1.34. The van der Waals surface area contributed by atoms with Crippen molar-refractivity contribution in [1.29, 1.82) is 0 Å². The molecule has 3 heteroatoms. The van der Waals surface area contributed by atoms with Crippen molar-refractivity contribution in [2.45, 2.75) is 0 Å². The van der Waals surface area contributed by atoms with E-state index in [1.165, 1.54) is 11.5 Å². The fraction of sp³-hybridized carbons (Fsp3) is 0.333. The summed E-state index contributed by atoms with van der Waals surface area (Å²) in [5.41, 5.74) is 0. The highest BCUT2D eigenvalue weighted by Crippen LogP contribution is 1.76. The lowest BCUT2D eigenvalue weighted by molar-refractivity contribution is -0.722. The average molecular weight is 101 g/mol. The normalized spacial score (nSPS) is 8.83. The maximum absolute atomic E-state index is 3.88. The van der Waals surface area contributed by atoms with E-state index in [9.17, 15) is 0 Å². The Morgan fingerprint density at radius 1 is 1.83 bits per heavy atom. The molecule has 0 aliphatic carbocycles. The predicted molar refractivity (Wildman–Crippen MR) is 23.3 cm³/mol. The van der Waals surface area contributed by atoms with Crippen LogP contribution in [0, 0.1) is 0 Å². The van der Waals surface area contributed by atoms with Crippen LogP contribution in [0.25, 0.3) is 0 Å². The Morgan fingerprint density at radius 3 is 2.83 bits per heavy atom. The van der Waals surface area contributed by atoms with Gasteiger partial charge >= 0.3 is 0 Å². The standard InChI is InChI=1S/C3H5N2S/c1-5-2-3-6-4-5/h2-3H,1H3/q+1. The third kappa shape index (κ3) is 0.542. The van der Waals surface area contributed by atoms with Crippen molar-refractivity contribution in [2.75, 3.05) is 0 Å². The number of rotatable bonds is 0. The van der Waals surface area contributed by atoms with Gasteiger partial charge in [0.2, 0.25) is 6.20 Å². The van der Waals surface area contributed by atoms with Crippen molar-refractivity contribution >= 4 is 11.5 Å². The van der Waals surface area contributed by atoms with Crippen LogP contribution in [0.1, 0.15) is 0 Å². The summed E-state index contributed by atoms with van der Waals surface area (Å²) in [5.74, 6) is 0. The van der Waals surface area contributed by atoms with Crippen LogP contribution in [0.2, 0.25) is 0 Å². The lowest BCUT2D eigenvalue weighted by Gasteiger charge is -1.58. The zero-order chi connectivity index (χ0) is 4.41. The van der Waals surface area contributed by atoms with Crippen LogP contribution in [-0.4, -0.2) is 4.49 Å². The summed E-state index contributed by atoms with van der Waals surface area (Å²) >= 11 is 1.45. The lowest BCUT2D eigenvalue weighted by atomic mass is 11.0. The molecule has 1 rings (SSSR count). The molecule has 0 unspecified atom stereocenters. The van der Waals surface area contributed by atoms with Gasteiger partial charge in [-0.05, 0) is 0 Å². The van der Waals surface area contributed by atoms with Gasteiger partial charge in [0.25, 0.3) is 0 Å². The maximum Gasteiger partial charge on any atom is 0.208 e. The lowest BCUT2D eigenvalue weighted by Crippen LogP contribution is -2.27. The Balaban J connectivity index is 3.05. The summed E-state index contributed by atoms with van der Waals surface area (Å²) in [4.78, 5) is 0. The third-order valence-corrected chi connectivity index (χ3v) is 1.11.